The van der Waals surface area contributed by atoms with Crippen LogP contribution in [0.3, 0.4) is 0 Å². The molecule has 3 heterocycles. The summed E-state index contributed by atoms with van der Waals surface area (Å²) in [6, 6.07) is 4.37. The quantitative estimate of drug-likeness (QED) is 0.523. The van der Waals surface area contributed by atoms with Gasteiger partial charge in [0.15, 0.2) is 0 Å². The highest BCUT2D eigenvalue weighted by Crippen LogP contribution is 2.41. The summed E-state index contributed by atoms with van der Waals surface area (Å²) in [6.07, 6.45) is 3.38. The van der Waals surface area contributed by atoms with Crippen molar-refractivity contribution in [1.82, 2.24) is 9.97 Å². The summed E-state index contributed by atoms with van der Waals surface area (Å²) in [5, 5.41) is 5.72. The SMILES string of the molecule is N[C@H](Cc1sc2c(NCc3cccs3)nc(Cl)nc2c1Br)C1CC1. The molecule has 0 radical (unpaired) electrons. The molecule has 1 aliphatic carbocycles. The fraction of sp³-hybridized carbons (Fsp3) is 0.375. The Hall–Kier alpha value is -0.730. The van der Waals surface area contributed by atoms with E-state index in [-0.39, 0.29) is 11.3 Å². The third-order valence-electron chi connectivity index (χ3n) is 4.18. The molecule has 0 unspecified atom stereocenters. The number of nitrogens with two attached hydrogens (primary N) is 1. The number of halogens is 2. The Labute approximate surface area is 161 Å². The maximum absolute atomic E-state index is 6.30. The molecule has 8 heteroatoms. The van der Waals surface area contributed by atoms with Crippen LogP contribution < -0.4 is 11.1 Å². The Balaban J connectivity index is 1.65. The van der Waals surface area contributed by atoms with Crippen molar-refractivity contribution >= 4 is 66.2 Å². The topological polar surface area (TPSA) is 63.8 Å². The van der Waals surface area contributed by atoms with E-state index in [0.717, 1.165) is 33.5 Å². The molecule has 0 aromatic carbocycles. The van der Waals surface area contributed by atoms with Gasteiger partial charge in [-0.3, -0.25) is 0 Å². The third kappa shape index (κ3) is 3.46. The second kappa shape index (κ2) is 6.88. The molecule has 0 bridgehead atoms. The fourth-order valence-corrected chi connectivity index (χ4v) is 5.51. The molecule has 24 heavy (non-hydrogen) atoms. The van der Waals surface area contributed by atoms with Crippen molar-refractivity contribution in [3.05, 3.63) is 37.0 Å². The average Bonchev–Trinajstić information content (AvgIpc) is 3.21. The predicted molar refractivity (Wildman–Crippen MR) is 106 cm³/mol. The van der Waals surface area contributed by atoms with Gasteiger partial charge in [-0.15, -0.1) is 22.7 Å². The summed E-state index contributed by atoms with van der Waals surface area (Å²) >= 11 is 13.2. The zero-order chi connectivity index (χ0) is 16.7. The summed E-state index contributed by atoms with van der Waals surface area (Å²) in [7, 11) is 0. The molecular weight excluding hydrogens is 428 g/mol. The van der Waals surface area contributed by atoms with Gasteiger partial charge in [0.05, 0.1) is 15.7 Å². The van der Waals surface area contributed by atoms with Crippen molar-refractivity contribution in [3.8, 4) is 0 Å². The Morgan fingerprint density at radius 3 is 2.96 bits per heavy atom. The summed E-state index contributed by atoms with van der Waals surface area (Å²) in [5.74, 6) is 1.46. The number of nitrogens with one attached hydrogen (secondary N) is 1. The van der Waals surface area contributed by atoms with E-state index in [1.54, 1.807) is 22.7 Å². The number of fused-ring (bicyclic) bond motifs is 1. The summed E-state index contributed by atoms with van der Waals surface area (Å²) < 4.78 is 2.03. The van der Waals surface area contributed by atoms with Crippen molar-refractivity contribution in [3.63, 3.8) is 0 Å². The maximum Gasteiger partial charge on any atom is 0.225 e. The van der Waals surface area contributed by atoms with Crippen LogP contribution in [0.4, 0.5) is 5.82 Å². The van der Waals surface area contributed by atoms with E-state index in [0.29, 0.717) is 5.92 Å². The van der Waals surface area contributed by atoms with Crippen LogP contribution >= 0.6 is 50.2 Å². The van der Waals surface area contributed by atoms with Crippen LogP contribution in [-0.2, 0) is 13.0 Å². The molecule has 1 fully saturated rings. The molecule has 3 aromatic rings. The predicted octanol–water partition coefficient (Wildman–Crippen LogP) is 5.06. The first kappa shape index (κ1) is 16.7. The van der Waals surface area contributed by atoms with Gasteiger partial charge in [0, 0.05) is 15.8 Å². The van der Waals surface area contributed by atoms with Gasteiger partial charge in [-0.25, -0.2) is 4.98 Å². The highest BCUT2D eigenvalue weighted by molar-refractivity contribution is 9.10. The van der Waals surface area contributed by atoms with E-state index in [4.69, 9.17) is 17.3 Å². The summed E-state index contributed by atoms with van der Waals surface area (Å²) in [6.45, 7) is 0.729. The van der Waals surface area contributed by atoms with Crippen molar-refractivity contribution in [1.29, 1.82) is 0 Å². The first-order chi connectivity index (χ1) is 11.6. The van der Waals surface area contributed by atoms with E-state index >= 15 is 0 Å². The van der Waals surface area contributed by atoms with Gasteiger partial charge in [-0.05, 0) is 64.2 Å². The molecule has 1 atom stereocenters. The summed E-state index contributed by atoms with van der Waals surface area (Å²) in [5.41, 5.74) is 7.17. The molecule has 3 N–H and O–H groups in total. The van der Waals surface area contributed by atoms with E-state index < -0.39 is 0 Å². The zero-order valence-electron chi connectivity index (χ0n) is 12.8. The normalized spacial score (nSPS) is 15.8. The van der Waals surface area contributed by atoms with Crippen LogP contribution in [-0.4, -0.2) is 16.0 Å². The smallest absolute Gasteiger partial charge is 0.225 e. The van der Waals surface area contributed by atoms with Crippen LogP contribution in [0, 0.1) is 5.92 Å². The lowest BCUT2D eigenvalue weighted by Crippen LogP contribution is -2.24. The molecule has 0 aliphatic heterocycles. The highest BCUT2D eigenvalue weighted by atomic mass is 79.9. The standard InChI is InChI=1S/C16H16BrClN4S2/c17-12-11(6-10(19)8-3-4-8)24-14-13(12)21-16(18)22-15(14)20-7-9-2-1-5-23-9/h1-2,5,8,10H,3-4,6-7,19H2,(H,20,21,22)/t10-/m1/s1. The van der Waals surface area contributed by atoms with Gasteiger partial charge in [-0.2, -0.15) is 4.98 Å². The molecule has 0 saturated heterocycles. The first-order valence-corrected chi connectivity index (χ1v) is 10.6. The van der Waals surface area contributed by atoms with Crippen molar-refractivity contribution in [2.24, 2.45) is 11.7 Å². The number of anilines is 1. The molecular formula is C16H16BrClN4S2. The van der Waals surface area contributed by atoms with Crippen LogP contribution in [0.5, 0.6) is 0 Å². The Kier molecular flexibility index (Phi) is 4.79. The lowest BCUT2D eigenvalue weighted by atomic mass is 10.1. The van der Waals surface area contributed by atoms with Gasteiger partial charge in [0.25, 0.3) is 0 Å². The monoisotopic (exact) mass is 442 g/mol. The maximum atomic E-state index is 6.30. The largest absolute Gasteiger partial charge is 0.364 e. The second-order valence-electron chi connectivity index (χ2n) is 6.00. The lowest BCUT2D eigenvalue weighted by molar-refractivity contribution is 0.595. The zero-order valence-corrected chi connectivity index (χ0v) is 16.7. The molecule has 126 valence electrons. The molecule has 0 amide bonds. The Morgan fingerprint density at radius 2 is 2.25 bits per heavy atom. The fourth-order valence-electron chi connectivity index (χ4n) is 2.71. The average molecular weight is 444 g/mol. The number of hydrogen-bond donors (Lipinski definition) is 2. The van der Waals surface area contributed by atoms with Crippen LogP contribution in [0.15, 0.2) is 22.0 Å². The summed E-state index contributed by atoms with van der Waals surface area (Å²) in [4.78, 5) is 11.3. The van der Waals surface area contributed by atoms with E-state index in [1.807, 2.05) is 6.07 Å². The molecule has 0 spiro atoms. The van der Waals surface area contributed by atoms with Gasteiger partial charge in [-0.1, -0.05) is 6.07 Å². The van der Waals surface area contributed by atoms with Crippen LogP contribution in [0.25, 0.3) is 10.2 Å². The number of thiophene rings is 2. The van der Waals surface area contributed by atoms with Gasteiger partial charge in [0.2, 0.25) is 5.28 Å². The van der Waals surface area contributed by atoms with Crippen LogP contribution in [0.2, 0.25) is 5.28 Å². The van der Waals surface area contributed by atoms with Gasteiger partial charge < -0.3 is 11.1 Å². The minimum absolute atomic E-state index is 0.223. The highest BCUT2D eigenvalue weighted by Gasteiger charge is 2.30. The number of rotatable bonds is 6. The minimum Gasteiger partial charge on any atom is -0.364 e. The van der Waals surface area contributed by atoms with Crippen molar-refractivity contribution in [2.75, 3.05) is 5.32 Å². The number of aromatic nitrogens is 2. The van der Waals surface area contributed by atoms with Gasteiger partial charge in [0.1, 0.15) is 11.3 Å². The minimum atomic E-state index is 0.223. The number of hydrogen-bond acceptors (Lipinski definition) is 6. The van der Waals surface area contributed by atoms with E-state index in [2.05, 4.69) is 42.7 Å². The first-order valence-electron chi connectivity index (χ1n) is 7.78. The van der Waals surface area contributed by atoms with Crippen molar-refractivity contribution in [2.45, 2.75) is 31.8 Å². The molecule has 4 rings (SSSR count). The van der Waals surface area contributed by atoms with E-state index in [9.17, 15) is 0 Å². The van der Waals surface area contributed by atoms with Gasteiger partial charge >= 0.3 is 0 Å². The lowest BCUT2D eigenvalue weighted by Gasteiger charge is -2.08. The Morgan fingerprint density at radius 1 is 1.42 bits per heavy atom. The third-order valence-corrected chi connectivity index (χ3v) is 7.55. The van der Waals surface area contributed by atoms with Crippen molar-refractivity contribution < 1.29 is 0 Å². The van der Waals surface area contributed by atoms with E-state index in [1.165, 1.54) is 22.6 Å². The Bertz CT molecular complexity index is 861. The molecule has 3 aromatic heterocycles. The van der Waals surface area contributed by atoms with Crippen LogP contribution in [0.1, 0.15) is 22.6 Å². The second-order valence-corrected chi connectivity index (χ2v) is 9.26. The number of nitrogens with zero attached hydrogens (tertiary/aromatic N) is 2. The molecule has 1 saturated carbocycles. The molecule has 1 aliphatic rings. The molecule has 4 nitrogen and oxygen atoms in total.